The molecule has 2 aliphatic heterocycles. The lowest BCUT2D eigenvalue weighted by Crippen LogP contribution is -2.31. The van der Waals surface area contributed by atoms with Crippen LogP contribution in [0.25, 0.3) is 0 Å². The third-order valence-corrected chi connectivity index (χ3v) is 4.72. The Balaban J connectivity index is 1.38. The van der Waals surface area contributed by atoms with Crippen LogP contribution in [-0.4, -0.2) is 46.7 Å². The first kappa shape index (κ1) is 15.3. The third kappa shape index (κ3) is 3.05. The summed E-state index contributed by atoms with van der Waals surface area (Å²) in [6, 6.07) is 5.59. The van der Waals surface area contributed by atoms with Crippen LogP contribution in [-0.2, 0) is 16.1 Å². The molecule has 0 bridgehead atoms. The largest absolute Gasteiger partial charge is 0.376 e. The number of hydrogen-bond donors (Lipinski definition) is 1. The Morgan fingerprint density at radius 3 is 3.12 bits per heavy atom. The number of aromatic nitrogens is 2. The van der Waals surface area contributed by atoms with E-state index in [4.69, 9.17) is 9.26 Å². The fourth-order valence-electron chi connectivity index (χ4n) is 3.59. The molecule has 0 radical (unpaired) electrons. The van der Waals surface area contributed by atoms with Crippen LogP contribution in [0.15, 0.2) is 35.1 Å². The van der Waals surface area contributed by atoms with Gasteiger partial charge in [-0.1, -0.05) is 5.16 Å². The maximum atomic E-state index is 12.6. The first-order chi connectivity index (χ1) is 11.7. The monoisotopic (exact) mass is 328 g/mol. The van der Waals surface area contributed by atoms with Gasteiger partial charge < -0.3 is 14.6 Å². The van der Waals surface area contributed by atoms with Gasteiger partial charge in [-0.2, -0.15) is 0 Å². The summed E-state index contributed by atoms with van der Waals surface area (Å²) >= 11 is 0. The average molecular weight is 328 g/mol. The summed E-state index contributed by atoms with van der Waals surface area (Å²) in [7, 11) is 0. The molecule has 0 saturated carbocycles. The SMILES string of the molecule is Cc1cc(CN2C[C@@H]3[C@@H](C(=O)Nc4cccnc4)CO[C@@H]3C2)no1. The number of rotatable bonds is 4. The Labute approximate surface area is 140 Å². The summed E-state index contributed by atoms with van der Waals surface area (Å²) < 4.78 is 11.0. The highest BCUT2D eigenvalue weighted by Gasteiger charge is 2.46. The van der Waals surface area contributed by atoms with Gasteiger partial charge in [0.2, 0.25) is 5.91 Å². The number of hydrogen-bond acceptors (Lipinski definition) is 6. The molecule has 24 heavy (non-hydrogen) atoms. The minimum Gasteiger partial charge on any atom is -0.376 e. The Bertz CT molecular complexity index is 718. The van der Waals surface area contributed by atoms with Gasteiger partial charge in [0.25, 0.3) is 0 Å². The highest BCUT2D eigenvalue weighted by atomic mass is 16.5. The van der Waals surface area contributed by atoms with Crippen molar-refractivity contribution in [2.75, 3.05) is 25.0 Å². The van der Waals surface area contributed by atoms with Crippen molar-refractivity contribution < 1.29 is 14.1 Å². The molecule has 1 N–H and O–H groups in total. The van der Waals surface area contributed by atoms with Crippen LogP contribution in [0, 0.1) is 18.8 Å². The molecule has 126 valence electrons. The highest BCUT2D eigenvalue weighted by Crippen LogP contribution is 2.35. The second-order valence-corrected chi connectivity index (χ2v) is 6.50. The molecule has 0 spiro atoms. The summed E-state index contributed by atoms with van der Waals surface area (Å²) in [5.74, 6) is 0.915. The molecule has 1 amide bonds. The third-order valence-electron chi connectivity index (χ3n) is 4.72. The van der Waals surface area contributed by atoms with Crippen molar-refractivity contribution >= 4 is 11.6 Å². The molecule has 0 aliphatic carbocycles. The molecule has 4 rings (SSSR count). The van der Waals surface area contributed by atoms with Gasteiger partial charge in [0.05, 0.1) is 36.2 Å². The van der Waals surface area contributed by atoms with E-state index in [-0.39, 0.29) is 23.8 Å². The van der Waals surface area contributed by atoms with E-state index in [0.717, 1.165) is 36.8 Å². The quantitative estimate of drug-likeness (QED) is 0.915. The van der Waals surface area contributed by atoms with E-state index in [1.807, 2.05) is 19.1 Å². The van der Waals surface area contributed by atoms with Gasteiger partial charge in [-0.3, -0.25) is 14.7 Å². The molecule has 0 aromatic carbocycles. The van der Waals surface area contributed by atoms with Crippen LogP contribution in [0.2, 0.25) is 0 Å². The van der Waals surface area contributed by atoms with Gasteiger partial charge in [-0.15, -0.1) is 0 Å². The zero-order valence-electron chi connectivity index (χ0n) is 13.5. The second-order valence-electron chi connectivity index (χ2n) is 6.50. The number of carbonyl (C=O) groups is 1. The van der Waals surface area contributed by atoms with Crippen molar-refractivity contribution in [3.05, 3.63) is 42.0 Å². The summed E-state index contributed by atoms with van der Waals surface area (Å²) in [6.45, 7) is 4.76. The van der Waals surface area contributed by atoms with Crippen LogP contribution in [0.4, 0.5) is 5.69 Å². The van der Waals surface area contributed by atoms with Gasteiger partial charge in [-0.05, 0) is 19.1 Å². The van der Waals surface area contributed by atoms with E-state index in [0.29, 0.717) is 6.61 Å². The Morgan fingerprint density at radius 2 is 2.38 bits per heavy atom. The van der Waals surface area contributed by atoms with E-state index in [9.17, 15) is 4.79 Å². The Kier molecular flexibility index (Phi) is 4.03. The number of amides is 1. The number of anilines is 1. The molecule has 3 atom stereocenters. The maximum Gasteiger partial charge on any atom is 0.230 e. The summed E-state index contributed by atoms with van der Waals surface area (Å²) in [6.07, 6.45) is 3.45. The van der Waals surface area contributed by atoms with Crippen LogP contribution < -0.4 is 5.32 Å². The van der Waals surface area contributed by atoms with Crippen molar-refractivity contribution in [2.45, 2.75) is 19.6 Å². The molecule has 7 heteroatoms. The van der Waals surface area contributed by atoms with E-state index < -0.39 is 0 Å². The normalized spacial score (nSPS) is 26.5. The van der Waals surface area contributed by atoms with Gasteiger partial charge in [0.1, 0.15) is 5.76 Å². The standard InChI is InChI=1S/C17H20N4O3/c1-11-5-13(20-24-11)7-21-8-14-15(10-23-16(14)9-21)17(22)19-12-3-2-4-18-6-12/h2-6,14-16H,7-10H2,1H3,(H,19,22)/t14-,15+,16-/m1/s1. The molecule has 0 unspecified atom stereocenters. The van der Waals surface area contributed by atoms with Gasteiger partial charge in [-0.25, -0.2) is 0 Å². The molecule has 2 saturated heterocycles. The summed E-state index contributed by atoms with van der Waals surface area (Å²) in [5, 5.41) is 6.98. The number of ether oxygens (including phenoxy) is 1. The predicted octanol–water partition coefficient (Wildman–Crippen LogP) is 1.46. The smallest absolute Gasteiger partial charge is 0.230 e. The van der Waals surface area contributed by atoms with Crippen molar-refractivity contribution in [3.8, 4) is 0 Å². The molecule has 2 aliphatic rings. The van der Waals surface area contributed by atoms with E-state index in [1.54, 1.807) is 18.5 Å². The Morgan fingerprint density at radius 1 is 1.46 bits per heavy atom. The number of nitrogens with one attached hydrogen (secondary N) is 1. The topological polar surface area (TPSA) is 80.5 Å². The van der Waals surface area contributed by atoms with E-state index in [2.05, 4.69) is 20.4 Å². The van der Waals surface area contributed by atoms with Gasteiger partial charge in [0.15, 0.2) is 0 Å². The zero-order chi connectivity index (χ0) is 16.5. The van der Waals surface area contributed by atoms with E-state index in [1.165, 1.54) is 0 Å². The summed E-state index contributed by atoms with van der Waals surface area (Å²) in [5.41, 5.74) is 1.64. The van der Waals surface area contributed by atoms with Crippen molar-refractivity contribution in [1.82, 2.24) is 15.0 Å². The minimum atomic E-state index is -0.126. The number of aryl methyl sites for hydroxylation is 1. The molecule has 4 heterocycles. The van der Waals surface area contributed by atoms with Crippen LogP contribution in [0.5, 0.6) is 0 Å². The highest BCUT2D eigenvalue weighted by molar-refractivity contribution is 5.92. The van der Waals surface area contributed by atoms with Gasteiger partial charge in [0, 0.05) is 37.8 Å². The number of carbonyl (C=O) groups excluding carboxylic acids is 1. The van der Waals surface area contributed by atoms with Gasteiger partial charge >= 0.3 is 0 Å². The van der Waals surface area contributed by atoms with E-state index >= 15 is 0 Å². The molecule has 2 fully saturated rings. The maximum absolute atomic E-state index is 12.6. The molecule has 2 aromatic rings. The lowest BCUT2D eigenvalue weighted by atomic mass is 9.92. The second kappa shape index (κ2) is 6.33. The fraction of sp³-hybridized carbons (Fsp3) is 0.471. The van der Waals surface area contributed by atoms with Crippen LogP contribution >= 0.6 is 0 Å². The first-order valence-corrected chi connectivity index (χ1v) is 8.16. The van der Waals surface area contributed by atoms with Crippen molar-refractivity contribution in [1.29, 1.82) is 0 Å². The molecular weight excluding hydrogens is 308 g/mol. The average Bonchev–Trinajstić information content (AvgIpc) is 3.24. The molecule has 7 nitrogen and oxygen atoms in total. The number of likely N-dealkylation sites (tertiary alicyclic amines) is 1. The lowest BCUT2D eigenvalue weighted by Gasteiger charge is -2.18. The minimum absolute atomic E-state index is 0.00892. The summed E-state index contributed by atoms with van der Waals surface area (Å²) in [4.78, 5) is 18.9. The number of pyridine rings is 1. The first-order valence-electron chi connectivity index (χ1n) is 8.16. The van der Waals surface area contributed by atoms with Crippen LogP contribution in [0.1, 0.15) is 11.5 Å². The number of fused-ring (bicyclic) bond motifs is 1. The van der Waals surface area contributed by atoms with Crippen LogP contribution in [0.3, 0.4) is 0 Å². The molecule has 2 aromatic heterocycles. The lowest BCUT2D eigenvalue weighted by molar-refractivity contribution is -0.120. The Hall–Kier alpha value is -2.25. The van der Waals surface area contributed by atoms with Crippen molar-refractivity contribution in [3.63, 3.8) is 0 Å². The fourth-order valence-corrected chi connectivity index (χ4v) is 3.59. The number of nitrogens with zero attached hydrogens (tertiary/aromatic N) is 3. The zero-order valence-corrected chi connectivity index (χ0v) is 13.5. The van der Waals surface area contributed by atoms with Crippen molar-refractivity contribution in [2.24, 2.45) is 11.8 Å². The molecular formula is C17H20N4O3. The predicted molar refractivity (Wildman–Crippen MR) is 86.1 cm³/mol.